The van der Waals surface area contributed by atoms with E-state index in [0.29, 0.717) is 0 Å². The van der Waals surface area contributed by atoms with Gasteiger partial charge in [-0.2, -0.15) is 0 Å². The highest BCUT2D eigenvalue weighted by atomic mass is 16.4. The SMILES string of the molecule is O=C(O)c1cnc(C2(c3ccccc3)CCCC2)nc1. The van der Waals surface area contributed by atoms with Crippen LogP contribution in [0.25, 0.3) is 0 Å². The minimum atomic E-state index is -0.989. The molecule has 102 valence electrons. The van der Waals surface area contributed by atoms with Gasteiger partial charge in [-0.3, -0.25) is 0 Å². The summed E-state index contributed by atoms with van der Waals surface area (Å²) in [5, 5.41) is 8.94. The molecule has 1 aromatic carbocycles. The molecule has 0 spiro atoms. The van der Waals surface area contributed by atoms with Gasteiger partial charge in [0.1, 0.15) is 5.82 Å². The van der Waals surface area contributed by atoms with E-state index in [-0.39, 0.29) is 11.0 Å². The summed E-state index contributed by atoms with van der Waals surface area (Å²) < 4.78 is 0. The Balaban J connectivity index is 2.05. The molecule has 2 aromatic rings. The van der Waals surface area contributed by atoms with Gasteiger partial charge in [0.05, 0.1) is 11.0 Å². The zero-order valence-corrected chi connectivity index (χ0v) is 11.1. The van der Waals surface area contributed by atoms with E-state index in [1.807, 2.05) is 18.2 Å². The topological polar surface area (TPSA) is 63.1 Å². The maximum atomic E-state index is 10.9. The fourth-order valence-corrected chi connectivity index (χ4v) is 3.06. The molecule has 1 aliphatic rings. The summed E-state index contributed by atoms with van der Waals surface area (Å²) in [6.45, 7) is 0. The molecule has 1 N–H and O–H groups in total. The molecule has 1 aromatic heterocycles. The Bertz CT molecular complexity index is 602. The number of aromatic nitrogens is 2. The third kappa shape index (κ3) is 2.07. The van der Waals surface area contributed by atoms with Crippen molar-refractivity contribution in [3.8, 4) is 0 Å². The first-order chi connectivity index (χ1) is 9.72. The highest BCUT2D eigenvalue weighted by Gasteiger charge is 2.39. The molecule has 0 saturated heterocycles. The average Bonchev–Trinajstić information content (AvgIpc) is 2.99. The number of nitrogens with zero attached hydrogens (tertiary/aromatic N) is 2. The lowest BCUT2D eigenvalue weighted by atomic mass is 9.78. The standard InChI is InChI=1S/C16H16N2O2/c19-14(20)12-10-17-15(18-11-12)16(8-4-5-9-16)13-6-2-1-3-7-13/h1-3,6-7,10-11H,4-5,8-9H2,(H,19,20). The first-order valence-corrected chi connectivity index (χ1v) is 6.84. The maximum absolute atomic E-state index is 10.9. The van der Waals surface area contributed by atoms with Crippen molar-refractivity contribution in [3.63, 3.8) is 0 Å². The van der Waals surface area contributed by atoms with Crippen molar-refractivity contribution in [1.29, 1.82) is 0 Å². The van der Waals surface area contributed by atoms with E-state index >= 15 is 0 Å². The van der Waals surface area contributed by atoms with Crippen molar-refractivity contribution < 1.29 is 9.90 Å². The van der Waals surface area contributed by atoms with Crippen LogP contribution in [0.15, 0.2) is 42.7 Å². The van der Waals surface area contributed by atoms with Crippen LogP contribution < -0.4 is 0 Å². The molecule has 1 fully saturated rings. The summed E-state index contributed by atoms with van der Waals surface area (Å²) in [5.74, 6) is -0.247. The third-order valence-electron chi connectivity index (χ3n) is 4.11. The second kappa shape index (κ2) is 5.04. The van der Waals surface area contributed by atoms with E-state index in [4.69, 9.17) is 5.11 Å². The van der Waals surface area contributed by atoms with Crippen LogP contribution >= 0.6 is 0 Å². The zero-order valence-electron chi connectivity index (χ0n) is 11.1. The Labute approximate surface area is 117 Å². The molecular formula is C16H16N2O2. The molecule has 0 aliphatic heterocycles. The van der Waals surface area contributed by atoms with Crippen molar-refractivity contribution >= 4 is 5.97 Å². The molecule has 1 saturated carbocycles. The van der Waals surface area contributed by atoms with Crippen molar-refractivity contribution in [2.24, 2.45) is 0 Å². The quantitative estimate of drug-likeness (QED) is 0.929. The van der Waals surface area contributed by atoms with Gasteiger partial charge in [-0.1, -0.05) is 43.2 Å². The highest BCUT2D eigenvalue weighted by Crippen LogP contribution is 2.44. The second-order valence-corrected chi connectivity index (χ2v) is 5.26. The van der Waals surface area contributed by atoms with Crippen molar-refractivity contribution in [3.05, 3.63) is 59.7 Å². The van der Waals surface area contributed by atoms with E-state index in [1.165, 1.54) is 18.0 Å². The van der Waals surface area contributed by atoms with E-state index < -0.39 is 5.97 Å². The summed E-state index contributed by atoms with van der Waals surface area (Å²) >= 11 is 0. The smallest absolute Gasteiger partial charge is 0.338 e. The molecule has 20 heavy (non-hydrogen) atoms. The molecule has 3 rings (SSSR count). The monoisotopic (exact) mass is 268 g/mol. The number of aromatic carboxylic acids is 1. The van der Waals surface area contributed by atoms with Crippen LogP contribution in [-0.4, -0.2) is 21.0 Å². The third-order valence-corrected chi connectivity index (χ3v) is 4.11. The van der Waals surface area contributed by atoms with Crippen LogP contribution in [0.1, 0.15) is 47.4 Å². The molecule has 0 amide bonds. The molecular weight excluding hydrogens is 252 g/mol. The van der Waals surface area contributed by atoms with Crippen LogP contribution in [-0.2, 0) is 5.41 Å². The first kappa shape index (κ1) is 12.8. The van der Waals surface area contributed by atoms with Gasteiger partial charge in [0, 0.05) is 12.4 Å². The Morgan fingerprint density at radius 2 is 1.65 bits per heavy atom. The fourth-order valence-electron chi connectivity index (χ4n) is 3.06. The maximum Gasteiger partial charge on any atom is 0.338 e. The van der Waals surface area contributed by atoms with Gasteiger partial charge < -0.3 is 5.11 Å². The fraction of sp³-hybridized carbons (Fsp3) is 0.312. The molecule has 4 heteroatoms. The number of rotatable bonds is 3. The van der Waals surface area contributed by atoms with Gasteiger partial charge in [0.15, 0.2) is 0 Å². The van der Waals surface area contributed by atoms with Crippen LogP contribution in [0.4, 0.5) is 0 Å². The zero-order chi connectivity index (χ0) is 14.0. The van der Waals surface area contributed by atoms with Crippen LogP contribution in [0.5, 0.6) is 0 Å². The summed E-state index contributed by atoms with van der Waals surface area (Å²) in [4.78, 5) is 19.6. The van der Waals surface area contributed by atoms with Gasteiger partial charge in [-0.15, -0.1) is 0 Å². The van der Waals surface area contributed by atoms with Crippen LogP contribution in [0.2, 0.25) is 0 Å². The van der Waals surface area contributed by atoms with Crippen molar-refractivity contribution in [2.75, 3.05) is 0 Å². The number of hydrogen-bond acceptors (Lipinski definition) is 3. The molecule has 1 heterocycles. The second-order valence-electron chi connectivity index (χ2n) is 5.26. The van der Waals surface area contributed by atoms with E-state index in [9.17, 15) is 4.79 Å². The summed E-state index contributed by atoms with van der Waals surface area (Å²) in [7, 11) is 0. The number of hydrogen-bond donors (Lipinski definition) is 1. The molecule has 4 nitrogen and oxygen atoms in total. The van der Waals surface area contributed by atoms with E-state index in [1.54, 1.807) is 0 Å². The predicted molar refractivity (Wildman–Crippen MR) is 74.7 cm³/mol. The minimum absolute atomic E-state index is 0.134. The van der Waals surface area contributed by atoms with Crippen LogP contribution in [0.3, 0.4) is 0 Å². The Hall–Kier alpha value is -2.23. The molecule has 0 bridgehead atoms. The normalized spacial score (nSPS) is 17.0. The van der Waals surface area contributed by atoms with E-state index in [2.05, 4.69) is 22.1 Å². The highest BCUT2D eigenvalue weighted by molar-refractivity contribution is 5.86. The van der Waals surface area contributed by atoms with Crippen molar-refractivity contribution in [1.82, 2.24) is 9.97 Å². The summed E-state index contributed by atoms with van der Waals surface area (Å²) in [6.07, 6.45) is 7.16. The number of carboxylic acid groups (broad SMARTS) is 1. The Morgan fingerprint density at radius 3 is 2.20 bits per heavy atom. The Morgan fingerprint density at radius 1 is 1.05 bits per heavy atom. The summed E-state index contributed by atoms with van der Waals surface area (Å²) in [5.41, 5.74) is 1.20. The first-order valence-electron chi connectivity index (χ1n) is 6.84. The molecule has 1 aliphatic carbocycles. The van der Waals surface area contributed by atoms with Gasteiger partial charge >= 0.3 is 5.97 Å². The molecule has 0 unspecified atom stereocenters. The largest absolute Gasteiger partial charge is 0.478 e. The Kier molecular flexibility index (Phi) is 3.22. The minimum Gasteiger partial charge on any atom is -0.478 e. The summed E-state index contributed by atoms with van der Waals surface area (Å²) in [6, 6.07) is 10.3. The van der Waals surface area contributed by atoms with Gasteiger partial charge in [0.2, 0.25) is 0 Å². The number of carboxylic acids is 1. The number of benzene rings is 1. The van der Waals surface area contributed by atoms with E-state index in [0.717, 1.165) is 31.5 Å². The van der Waals surface area contributed by atoms with Gasteiger partial charge in [-0.05, 0) is 18.4 Å². The molecule has 0 radical (unpaired) electrons. The lowest BCUT2D eigenvalue weighted by Gasteiger charge is -2.27. The lowest BCUT2D eigenvalue weighted by Crippen LogP contribution is -2.26. The lowest BCUT2D eigenvalue weighted by molar-refractivity contribution is 0.0696. The average molecular weight is 268 g/mol. The van der Waals surface area contributed by atoms with Crippen LogP contribution in [0, 0.1) is 0 Å². The van der Waals surface area contributed by atoms with Gasteiger partial charge in [0.25, 0.3) is 0 Å². The predicted octanol–water partition coefficient (Wildman–Crippen LogP) is 3.03. The van der Waals surface area contributed by atoms with Crippen molar-refractivity contribution in [2.45, 2.75) is 31.1 Å². The van der Waals surface area contributed by atoms with Gasteiger partial charge in [-0.25, -0.2) is 14.8 Å². The number of carbonyl (C=O) groups is 1. The molecule has 0 atom stereocenters.